The van der Waals surface area contributed by atoms with Gasteiger partial charge in [-0.1, -0.05) is 0 Å². The molecular weight excluding hydrogens is 296 g/mol. The summed E-state index contributed by atoms with van der Waals surface area (Å²) in [5, 5.41) is -0.456. The Balaban J connectivity index is 2.95. The maximum Gasteiger partial charge on any atom is 0.203 e. The molecule has 0 unspecified atom stereocenters. The summed E-state index contributed by atoms with van der Waals surface area (Å²) < 4.78 is 39.3. The van der Waals surface area contributed by atoms with Gasteiger partial charge < -0.3 is 14.2 Å². The molecule has 6 nitrogen and oxygen atoms in total. The van der Waals surface area contributed by atoms with Crippen LogP contribution in [0.2, 0.25) is 0 Å². The number of aldehydes is 1. The van der Waals surface area contributed by atoms with Gasteiger partial charge in [0.1, 0.15) is 12.9 Å². The first-order chi connectivity index (χ1) is 9.85. The first-order valence-corrected chi connectivity index (χ1v) is 8.12. The van der Waals surface area contributed by atoms with Crippen molar-refractivity contribution in [1.82, 2.24) is 0 Å². The number of carbonyl (C=O) groups excluding carboxylic acids is 1. The zero-order valence-corrected chi connectivity index (χ0v) is 13.4. The largest absolute Gasteiger partial charge is 0.493 e. The predicted molar refractivity (Wildman–Crippen MR) is 79.4 cm³/mol. The topological polar surface area (TPSA) is 78.9 Å². The highest BCUT2D eigenvalue weighted by Gasteiger charge is 2.18. The van der Waals surface area contributed by atoms with E-state index in [1.54, 1.807) is 13.8 Å². The van der Waals surface area contributed by atoms with E-state index in [1.807, 2.05) is 0 Å². The Bertz CT molecular complexity index is 566. The molecule has 0 aromatic heterocycles. The van der Waals surface area contributed by atoms with E-state index in [0.29, 0.717) is 23.3 Å². The molecule has 0 amide bonds. The molecule has 0 heterocycles. The average molecular weight is 316 g/mol. The summed E-state index contributed by atoms with van der Waals surface area (Å²) in [5.41, 5.74) is 0.380. The number of carbonyl (C=O) groups is 1. The van der Waals surface area contributed by atoms with Gasteiger partial charge in [-0.2, -0.15) is 0 Å². The highest BCUT2D eigenvalue weighted by molar-refractivity contribution is 7.91. The van der Waals surface area contributed by atoms with Crippen molar-refractivity contribution in [3.8, 4) is 17.2 Å². The molecule has 21 heavy (non-hydrogen) atoms. The second-order valence-corrected chi connectivity index (χ2v) is 7.31. The van der Waals surface area contributed by atoms with Crippen molar-refractivity contribution in [1.29, 1.82) is 0 Å². The summed E-state index contributed by atoms with van der Waals surface area (Å²) in [6.45, 7) is 3.22. The lowest BCUT2D eigenvalue weighted by atomic mass is 10.2. The van der Waals surface area contributed by atoms with Crippen molar-refractivity contribution in [3.63, 3.8) is 0 Å². The van der Waals surface area contributed by atoms with Gasteiger partial charge in [0.15, 0.2) is 21.3 Å². The van der Waals surface area contributed by atoms with Crippen LogP contribution in [0.15, 0.2) is 12.1 Å². The fourth-order valence-electron chi connectivity index (χ4n) is 1.61. The highest BCUT2D eigenvalue weighted by atomic mass is 32.2. The molecule has 0 atom stereocenters. The fraction of sp³-hybridized carbons (Fsp3) is 0.500. The van der Waals surface area contributed by atoms with Gasteiger partial charge in [-0.15, -0.1) is 0 Å². The quantitative estimate of drug-likeness (QED) is 0.679. The van der Waals surface area contributed by atoms with Crippen molar-refractivity contribution in [2.24, 2.45) is 0 Å². The number of sulfone groups is 1. The molecule has 1 aromatic carbocycles. The van der Waals surface area contributed by atoms with Crippen LogP contribution >= 0.6 is 0 Å². The van der Waals surface area contributed by atoms with Crippen molar-refractivity contribution < 1.29 is 27.4 Å². The van der Waals surface area contributed by atoms with E-state index >= 15 is 0 Å². The molecule has 0 aliphatic heterocycles. The number of hydrogen-bond acceptors (Lipinski definition) is 6. The smallest absolute Gasteiger partial charge is 0.203 e. The Morgan fingerprint density at radius 3 is 2.05 bits per heavy atom. The van der Waals surface area contributed by atoms with Gasteiger partial charge in [-0.25, -0.2) is 8.42 Å². The highest BCUT2D eigenvalue weighted by Crippen LogP contribution is 2.38. The molecular formula is C14H20O6S. The number of rotatable bonds is 8. The Morgan fingerprint density at radius 2 is 1.67 bits per heavy atom. The third-order valence-electron chi connectivity index (χ3n) is 2.95. The molecule has 0 fully saturated rings. The predicted octanol–water partition coefficient (Wildman–Crippen LogP) is 1.72. The maximum absolute atomic E-state index is 11.7. The summed E-state index contributed by atoms with van der Waals surface area (Å²) in [4.78, 5) is 10.8. The lowest BCUT2D eigenvalue weighted by Gasteiger charge is -2.15. The molecule has 0 aliphatic rings. The normalized spacial score (nSPS) is 11.3. The lowest BCUT2D eigenvalue weighted by Crippen LogP contribution is -2.22. The van der Waals surface area contributed by atoms with Crippen molar-refractivity contribution in [2.45, 2.75) is 19.1 Å². The fourth-order valence-corrected chi connectivity index (χ4v) is 2.39. The van der Waals surface area contributed by atoms with Crippen LogP contribution in [0.25, 0.3) is 0 Å². The van der Waals surface area contributed by atoms with Crippen LogP contribution in [0.3, 0.4) is 0 Å². The van der Waals surface area contributed by atoms with Crippen LogP contribution in [0.4, 0.5) is 0 Å². The van der Waals surface area contributed by atoms with Gasteiger partial charge in [0.2, 0.25) is 5.75 Å². The second-order valence-electron chi connectivity index (χ2n) is 4.64. The van der Waals surface area contributed by atoms with Gasteiger partial charge in [-0.3, -0.25) is 4.79 Å². The molecule has 0 aliphatic carbocycles. The second kappa shape index (κ2) is 7.31. The summed E-state index contributed by atoms with van der Waals surface area (Å²) in [5.74, 6) is 0.813. The van der Waals surface area contributed by atoms with Crippen molar-refractivity contribution in [2.75, 3.05) is 26.6 Å². The van der Waals surface area contributed by atoms with E-state index in [4.69, 9.17) is 14.2 Å². The van der Waals surface area contributed by atoms with Crippen LogP contribution < -0.4 is 14.2 Å². The third kappa shape index (κ3) is 4.35. The Hall–Kier alpha value is -1.76. The summed E-state index contributed by atoms with van der Waals surface area (Å²) >= 11 is 0. The van der Waals surface area contributed by atoms with Crippen LogP contribution in [-0.4, -0.2) is 46.5 Å². The average Bonchev–Trinajstić information content (AvgIpc) is 2.46. The monoisotopic (exact) mass is 316 g/mol. The Labute approximate surface area is 124 Å². The van der Waals surface area contributed by atoms with Gasteiger partial charge in [-0.05, 0) is 26.0 Å². The Kier molecular flexibility index (Phi) is 6.02. The minimum atomic E-state index is -3.18. The molecule has 7 heteroatoms. The van der Waals surface area contributed by atoms with Crippen LogP contribution in [-0.2, 0) is 9.84 Å². The SMILES string of the molecule is COc1cc(C=O)cc(OC)c1OCCS(=O)(=O)C(C)C. The summed E-state index contributed by atoms with van der Waals surface area (Å²) in [7, 11) is -0.320. The molecule has 0 saturated carbocycles. The lowest BCUT2D eigenvalue weighted by molar-refractivity contribution is 0.112. The van der Waals surface area contributed by atoms with Crippen molar-refractivity contribution in [3.05, 3.63) is 17.7 Å². The molecule has 0 saturated heterocycles. The van der Waals surface area contributed by atoms with Crippen molar-refractivity contribution >= 4 is 16.1 Å². The molecule has 118 valence electrons. The van der Waals surface area contributed by atoms with Gasteiger partial charge in [0.25, 0.3) is 0 Å². The minimum absolute atomic E-state index is 0.0202. The number of benzene rings is 1. The maximum atomic E-state index is 11.7. The van der Waals surface area contributed by atoms with E-state index in [1.165, 1.54) is 26.4 Å². The number of hydrogen-bond donors (Lipinski definition) is 0. The first-order valence-electron chi connectivity index (χ1n) is 6.41. The van der Waals surface area contributed by atoms with Crippen LogP contribution in [0.1, 0.15) is 24.2 Å². The Morgan fingerprint density at radius 1 is 1.14 bits per heavy atom. The standard InChI is InChI=1S/C14H20O6S/c1-10(2)21(16,17)6-5-20-14-12(18-3)7-11(9-15)8-13(14)19-4/h7-10H,5-6H2,1-4H3. The van der Waals surface area contributed by atoms with E-state index in [-0.39, 0.29) is 18.1 Å². The summed E-state index contributed by atoms with van der Waals surface area (Å²) in [6, 6.07) is 3.00. The zero-order chi connectivity index (χ0) is 16.0. The number of methoxy groups -OCH3 is 2. The van der Waals surface area contributed by atoms with E-state index < -0.39 is 15.1 Å². The molecule has 1 aromatic rings. The van der Waals surface area contributed by atoms with Gasteiger partial charge in [0.05, 0.1) is 25.2 Å². The van der Waals surface area contributed by atoms with E-state index in [0.717, 1.165) is 0 Å². The van der Waals surface area contributed by atoms with E-state index in [2.05, 4.69) is 0 Å². The molecule has 0 radical (unpaired) electrons. The molecule has 0 bridgehead atoms. The molecule has 0 N–H and O–H groups in total. The van der Waals surface area contributed by atoms with Crippen LogP contribution in [0, 0.1) is 0 Å². The van der Waals surface area contributed by atoms with E-state index in [9.17, 15) is 13.2 Å². The third-order valence-corrected chi connectivity index (χ3v) is 5.12. The molecule has 0 spiro atoms. The molecule has 1 rings (SSSR count). The zero-order valence-electron chi connectivity index (χ0n) is 12.6. The minimum Gasteiger partial charge on any atom is -0.493 e. The van der Waals surface area contributed by atoms with Crippen LogP contribution in [0.5, 0.6) is 17.2 Å². The first kappa shape index (κ1) is 17.3. The van der Waals surface area contributed by atoms with Gasteiger partial charge >= 0.3 is 0 Å². The number of ether oxygens (including phenoxy) is 3. The van der Waals surface area contributed by atoms with Gasteiger partial charge in [0, 0.05) is 5.56 Å². The summed E-state index contributed by atoms with van der Waals surface area (Å²) in [6.07, 6.45) is 0.665.